The molecule has 1 heterocycles. The Balaban J connectivity index is 2.12. The zero-order valence-electron chi connectivity index (χ0n) is 14.3. The Bertz CT molecular complexity index is 465. The first-order valence-corrected chi connectivity index (χ1v) is 11.0. The summed E-state index contributed by atoms with van der Waals surface area (Å²) in [4.78, 5) is 12.8. The number of amides is 1. The van der Waals surface area contributed by atoms with Crippen LogP contribution in [0.15, 0.2) is 11.6 Å². The van der Waals surface area contributed by atoms with E-state index < -0.39 is 20.5 Å². The van der Waals surface area contributed by atoms with Gasteiger partial charge in [0.1, 0.15) is 0 Å². The topological polar surface area (TPSA) is 70.0 Å². The molecule has 1 aliphatic heterocycles. The Kier molecular flexibility index (Phi) is 4.76. The van der Waals surface area contributed by atoms with Gasteiger partial charge in [-0.05, 0) is 42.5 Å². The number of aliphatic hydroxyl groups is 1. The van der Waals surface area contributed by atoms with E-state index in [1.54, 1.807) is 0 Å². The summed E-state index contributed by atoms with van der Waals surface area (Å²) >= 11 is 0. The highest BCUT2D eigenvalue weighted by Gasteiger charge is 2.41. The fraction of sp³-hybridized carbons (Fsp3) is 0.812. The van der Waals surface area contributed by atoms with Crippen molar-refractivity contribution in [1.29, 1.82) is 0 Å². The molecule has 0 aromatic heterocycles. The molecule has 2 atom stereocenters. The maximum absolute atomic E-state index is 11.5. The molecule has 1 amide bonds. The van der Waals surface area contributed by atoms with Crippen LogP contribution in [-0.4, -0.2) is 54.8 Å². The number of nitrogens with zero attached hydrogens (tertiary/aromatic N) is 1. The molecule has 1 fully saturated rings. The van der Waals surface area contributed by atoms with E-state index in [-0.39, 0.29) is 17.6 Å². The molecule has 0 radical (unpaired) electrons. The third-order valence-electron chi connectivity index (χ3n) is 5.26. The number of hydrogen-bond acceptors (Lipinski definition) is 3. The molecule has 2 unspecified atom stereocenters. The summed E-state index contributed by atoms with van der Waals surface area (Å²) in [5.41, 5.74) is 1.02. The molecule has 1 aliphatic carbocycles. The lowest BCUT2D eigenvalue weighted by Gasteiger charge is -2.40. The first-order chi connectivity index (χ1) is 10.0. The van der Waals surface area contributed by atoms with Gasteiger partial charge in [0.2, 0.25) is 0 Å². The highest BCUT2D eigenvalue weighted by atomic mass is 28.4. The highest BCUT2D eigenvalue weighted by molar-refractivity contribution is 6.74. The predicted octanol–water partition coefficient (Wildman–Crippen LogP) is 3.07. The van der Waals surface area contributed by atoms with Crippen LogP contribution in [0.2, 0.25) is 18.1 Å². The van der Waals surface area contributed by atoms with Gasteiger partial charge < -0.3 is 14.6 Å². The van der Waals surface area contributed by atoms with E-state index in [9.17, 15) is 15.0 Å². The summed E-state index contributed by atoms with van der Waals surface area (Å²) in [6.07, 6.45) is 2.49. The van der Waals surface area contributed by atoms with Crippen LogP contribution in [0, 0.1) is 5.92 Å². The predicted molar refractivity (Wildman–Crippen MR) is 88.5 cm³/mol. The van der Waals surface area contributed by atoms with Gasteiger partial charge in [0, 0.05) is 0 Å². The van der Waals surface area contributed by atoms with Gasteiger partial charge in [0.15, 0.2) is 8.32 Å². The fourth-order valence-corrected chi connectivity index (χ4v) is 3.56. The summed E-state index contributed by atoms with van der Waals surface area (Å²) in [6, 6.07) is -0.286. The normalized spacial score (nSPS) is 26.8. The lowest BCUT2D eigenvalue weighted by atomic mass is 9.96. The Morgan fingerprint density at radius 1 is 1.41 bits per heavy atom. The van der Waals surface area contributed by atoms with Crippen molar-refractivity contribution in [2.45, 2.75) is 63.9 Å². The van der Waals surface area contributed by atoms with Crippen molar-refractivity contribution in [2.24, 2.45) is 5.92 Å². The third-order valence-corrected chi connectivity index (χ3v) is 9.76. The average molecular weight is 327 g/mol. The van der Waals surface area contributed by atoms with Crippen LogP contribution in [0.3, 0.4) is 0 Å². The number of carboxylic acid groups (broad SMARTS) is 1. The van der Waals surface area contributed by atoms with E-state index in [0.717, 1.165) is 18.4 Å². The van der Waals surface area contributed by atoms with Crippen molar-refractivity contribution >= 4 is 14.4 Å². The first-order valence-electron chi connectivity index (χ1n) is 8.06. The molecule has 22 heavy (non-hydrogen) atoms. The van der Waals surface area contributed by atoms with Crippen LogP contribution in [0.5, 0.6) is 0 Å². The van der Waals surface area contributed by atoms with Gasteiger partial charge in [-0.1, -0.05) is 26.8 Å². The molecular formula is C16H29NO4Si. The standard InChI is InChI=1S/C16H29NO4Si/c1-16(2,3)22(4,5)21-10-12-8-13(11-6-7-11)14(18)9-17(12)15(19)20/h8,11-12,14,18H,6-7,9-10H2,1-5H3,(H,19,20). The second-order valence-electron chi connectivity index (χ2n) is 8.03. The van der Waals surface area contributed by atoms with Crippen molar-refractivity contribution in [2.75, 3.05) is 13.2 Å². The van der Waals surface area contributed by atoms with Crippen molar-refractivity contribution < 1.29 is 19.4 Å². The number of hydrogen-bond donors (Lipinski definition) is 2. The molecule has 0 saturated heterocycles. The minimum Gasteiger partial charge on any atom is -0.465 e. The van der Waals surface area contributed by atoms with E-state index >= 15 is 0 Å². The molecule has 2 N–H and O–H groups in total. The minimum absolute atomic E-state index is 0.0955. The molecule has 1 saturated carbocycles. The third kappa shape index (κ3) is 3.72. The van der Waals surface area contributed by atoms with Gasteiger partial charge in [0.05, 0.1) is 25.3 Å². The lowest BCUT2D eigenvalue weighted by Crippen LogP contribution is -2.51. The van der Waals surface area contributed by atoms with Crippen molar-refractivity contribution in [3.8, 4) is 0 Å². The molecule has 0 bridgehead atoms. The maximum atomic E-state index is 11.5. The Labute approximate surface area is 134 Å². The number of carbonyl (C=O) groups is 1. The van der Waals surface area contributed by atoms with Crippen LogP contribution < -0.4 is 0 Å². The quantitative estimate of drug-likeness (QED) is 0.615. The first kappa shape index (κ1) is 17.5. The largest absolute Gasteiger partial charge is 0.465 e. The number of β-amino-alcohol motifs (C(OH)–C–C–N with tert-alkyl or cyclic N) is 1. The van der Waals surface area contributed by atoms with Crippen molar-refractivity contribution in [3.63, 3.8) is 0 Å². The Morgan fingerprint density at radius 3 is 2.45 bits per heavy atom. The lowest BCUT2D eigenvalue weighted by molar-refractivity contribution is 0.0710. The van der Waals surface area contributed by atoms with E-state index in [1.807, 2.05) is 6.08 Å². The second-order valence-corrected chi connectivity index (χ2v) is 12.8. The molecule has 0 spiro atoms. The smallest absolute Gasteiger partial charge is 0.407 e. The van der Waals surface area contributed by atoms with Gasteiger partial charge in [-0.15, -0.1) is 0 Å². The maximum Gasteiger partial charge on any atom is 0.407 e. The van der Waals surface area contributed by atoms with Crippen molar-refractivity contribution in [1.82, 2.24) is 4.90 Å². The van der Waals surface area contributed by atoms with Crippen molar-refractivity contribution in [3.05, 3.63) is 11.6 Å². The van der Waals surface area contributed by atoms with Crippen LogP contribution in [0.25, 0.3) is 0 Å². The minimum atomic E-state index is -1.92. The van der Waals surface area contributed by atoms with Gasteiger partial charge >= 0.3 is 6.09 Å². The zero-order valence-corrected chi connectivity index (χ0v) is 15.3. The summed E-state index contributed by atoms with van der Waals surface area (Å²) in [5.74, 6) is 0.446. The van der Waals surface area contributed by atoms with Gasteiger partial charge in [-0.25, -0.2) is 4.79 Å². The molecule has 5 nitrogen and oxygen atoms in total. The summed E-state index contributed by atoms with van der Waals surface area (Å²) in [7, 11) is -1.92. The second kappa shape index (κ2) is 5.98. The van der Waals surface area contributed by atoms with Crippen LogP contribution in [-0.2, 0) is 4.43 Å². The van der Waals surface area contributed by atoms with Crippen LogP contribution >= 0.6 is 0 Å². The molecule has 0 aromatic carbocycles. The van der Waals surface area contributed by atoms with Gasteiger partial charge in [-0.2, -0.15) is 0 Å². The van der Waals surface area contributed by atoms with E-state index in [1.165, 1.54) is 4.90 Å². The molecule has 2 aliphatic rings. The van der Waals surface area contributed by atoms with E-state index in [4.69, 9.17) is 4.43 Å². The summed E-state index contributed by atoms with van der Waals surface area (Å²) < 4.78 is 6.21. The fourth-order valence-electron chi connectivity index (χ4n) is 2.54. The van der Waals surface area contributed by atoms with E-state index in [2.05, 4.69) is 33.9 Å². The van der Waals surface area contributed by atoms with Gasteiger partial charge in [-0.3, -0.25) is 4.90 Å². The SMILES string of the molecule is CC(C)(C)[Si](C)(C)OCC1C=C(C2CC2)C(O)CN1C(=O)O. The average Bonchev–Trinajstić information content (AvgIpc) is 3.19. The van der Waals surface area contributed by atoms with Crippen LogP contribution in [0.1, 0.15) is 33.6 Å². The highest BCUT2D eigenvalue weighted by Crippen LogP contribution is 2.41. The zero-order chi connectivity index (χ0) is 16.7. The Hall–Kier alpha value is -0.853. The molecular weight excluding hydrogens is 298 g/mol. The number of aliphatic hydroxyl groups excluding tert-OH is 1. The van der Waals surface area contributed by atoms with Gasteiger partial charge in [0.25, 0.3) is 0 Å². The molecule has 6 heteroatoms. The number of rotatable bonds is 4. The summed E-state index contributed by atoms with van der Waals surface area (Å²) in [6.45, 7) is 11.4. The Morgan fingerprint density at radius 2 is 2.00 bits per heavy atom. The van der Waals surface area contributed by atoms with E-state index in [0.29, 0.717) is 12.5 Å². The monoisotopic (exact) mass is 327 g/mol. The molecule has 2 rings (SSSR count). The summed E-state index contributed by atoms with van der Waals surface area (Å²) in [5, 5.41) is 19.7. The molecule has 126 valence electrons. The molecule has 0 aromatic rings. The van der Waals surface area contributed by atoms with Crippen LogP contribution in [0.4, 0.5) is 4.79 Å².